The topological polar surface area (TPSA) is 58.4 Å². The lowest BCUT2D eigenvalue weighted by Crippen LogP contribution is -2.22. The van der Waals surface area contributed by atoms with Crippen LogP contribution < -0.4 is 16.0 Å². The summed E-state index contributed by atoms with van der Waals surface area (Å²) in [6.45, 7) is 6.68. The third kappa shape index (κ3) is 2.15. The van der Waals surface area contributed by atoms with Crippen LogP contribution in [-0.2, 0) is 11.2 Å². The monoisotopic (exact) mass is 259 g/mol. The predicted molar refractivity (Wildman–Crippen MR) is 78.3 cm³/mol. The summed E-state index contributed by atoms with van der Waals surface area (Å²) in [5.74, 6) is 1.51. The van der Waals surface area contributed by atoms with Crippen LogP contribution in [0.5, 0.6) is 0 Å². The van der Waals surface area contributed by atoms with Crippen molar-refractivity contribution in [3.63, 3.8) is 0 Å². The van der Waals surface area contributed by atoms with Gasteiger partial charge in [-0.25, -0.2) is 0 Å². The molecule has 1 aromatic carbocycles. The number of carbonyl (C=O) groups excluding carboxylic acids is 1. The number of hydrogen-bond acceptors (Lipinski definition) is 3. The van der Waals surface area contributed by atoms with Crippen molar-refractivity contribution in [2.75, 3.05) is 29.0 Å². The van der Waals surface area contributed by atoms with Crippen molar-refractivity contribution in [2.45, 2.75) is 26.7 Å². The predicted octanol–water partition coefficient (Wildman–Crippen LogP) is 2.25. The van der Waals surface area contributed by atoms with Crippen molar-refractivity contribution in [1.29, 1.82) is 0 Å². The summed E-state index contributed by atoms with van der Waals surface area (Å²) in [4.78, 5) is 13.8. The zero-order valence-corrected chi connectivity index (χ0v) is 11.6. The molecule has 2 aliphatic rings. The molecule has 0 radical (unpaired) electrons. The largest absolute Gasteiger partial charge is 0.397 e. The van der Waals surface area contributed by atoms with Gasteiger partial charge in [-0.1, -0.05) is 13.8 Å². The van der Waals surface area contributed by atoms with E-state index in [9.17, 15) is 4.79 Å². The van der Waals surface area contributed by atoms with Crippen molar-refractivity contribution in [3.8, 4) is 0 Å². The molecule has 0 aromatic heterocycles. The van der Waals surface area contributed by atoms with E-state index in [0.717, 1.165) is 41.6 Å². The number of carbonyl (C=O) groups is 1. The van der Waals surface area contributed by atoms with Crippen LogP contribution in [0.2, 0.25) is 0 Å². The van der Waals surface area contributed by atoms with Gasteiger partial charge in [0.05, 0.1) is 17.8 Å². The van der Waals surface area contributed by atoms with Gasteiger partial charge in [0.2, 0.25) is 5.91 Å². The quantitative estimate of drug-likeness (QED) is 0.801. The highest BCUT2D eigenvalue weighted by Crippen LogP contribution is 2.37. The highest BCUT2D eigenvalue weighted by molar-refractivity contribution is 6.00. The molecule has 0 spiro atoms. The number of hydrogen-bond donors (Lipinski definition) is 2. The highest BCUT2D eigenvalue weighted by Gasteiger charge is 2.27. The summed E-state index contributed by atoms with van der Waals surface area (Å²) in [5, 5.41) is 2.90. The second kappa shape index (κ2) is 4.44. The maximum atomic E-state index is 11.4. The van der Waals surface area contributed by atoms with Gasteiger partial charge in [0.15, 0.2) is 0 Å². The second-order valence-electron chi connectivity index (χ2n) is 6.03. The average molecular weight is 259 g/mol. The maximum absolute atomic E-state index is 11.4. The summed E-state index contributed by atoms with van der Waals surface area (Å²) in [6, 6.07) is 3.99. The van der Waals surface area contributed by atoms with Crippen molar-refractivity contribution in [2.24, 2.45) is 11.8 Å². The Hall–Kier alpha value is -1.71. The Morgan fingerprint density at radius 2 is 2.21 bits per heavy atom. The zero-order chi connectivity index (χ0) is 13.6. The standard InChI is InChI=1S/C15H21N3O/c1-9(2)10-3-4-18(8-10)14-7-13-11(5-12(14)16)6-15(19)17-13/h5,7,9-10H,3-4,6,8,16H2,1-2H3,(H,17,19). The molecule has 0 bridgehead atoms. The molecule has 1 aromatic rings. The molecular weight excluding hydrogens is 238 g/mol. The van der Waals surface area contributed by atoms with Crippen LogP contribution in [0.3, 0.4) is 0 Å². The van der Waals surface area contributed by atoms with E-state index in [-0.39, 0.29) is 5.91 Å². The summed E-state index contributed by atoms with van der Waals surface area (Å²) in [7, 11) is 0. The fraction of sp³-hybridized carbons (Fsp3) is 0.533. The second-order valence-corrected chi connectivity index (χ2v) is 6.03. The van der Waals surface area contributed by atoms with Gasteiger partial charge < -0.3 is 16.0 Å². The third-order valence-electron chi connectivity index (χ3n) is 4.39. The van der Waals surface area contributed by atoms with Gasteiger partial charge in [-0.05, 0) is 36.0 Å². The molecule has 1 fully saturated rings. The number of amides is 1. The molecular formula is C15H21N3O. The van der Waals surface area contributed by atoms with E-state index < -0.39 is 0 Å². The molecule has 0 saturated carbocycles. The number of nitrogen functional groups attached to an aromatic ring is 1. The van der Waals surface area contributed by atoms with E-state index in [1.54, 1.807) is 0 Å². The SMILES string of the molecule is CC(C)C1CCN(c2cc3c(cc2N)CC(=O)N3)C1. The fourth-order valence-corrected chi connectivity index (χ4v) is 3.11. The molecule has 3 N–H and O–H groups in total. The number of fused-ring (bicyclic) bond motifs is 1. The van der Waals surface area contributed by atoms with Crippen molar-refractivity contribution >= 4 is 23.0 Å². The minimum absolute atomic E-state index is 0.0630. The Balaban J connectivity index is 1.86. The molecule has 1 unspecified atom stereocenters. The lowest BCUT2D eigenvalue weighted by molar-refractivity contribution is -0.115. The van der Waals surface area contributed by atoms with Crippen LogP contribution in [0.15, 0.2) is 12.1 Å². The first-order chi connectivity index (χ1) is 9.04. The van der Waals surface area contributed by atoms with Crippen molar-refractivity contribution in [3.05, 3.63) is 17.7 Å². The van der Waals surface area contributed by atoms with E-state index in [1.807, 2.05) is 12.1 Å². The first kappa shape index (κ1) is 12.3. The highest BCUT2D eigenvalue weighted by atomic mass is 16.1. The molecule has 2 heterocycles. The van der Waals surface area contributed by atoms with E-state index >= 15 is 0 Å². The number of nitrogens with zero attached hydrogens (tertiary/aromatic N) is 1. The summed E-state index contributed by atoms with van der Waals surface area (Å²) < 4.78 is 0. The fourth-order valence-electron chi connectivity index (χ4n) is 3.11. The van der Waals surface area contributed by atoms with Crippen molar-refractivity contribution < 1.29 is 4.79 Å². The molecule has 1 amide bonds. The molecule has 3 rings (SSSR count). The normalized spacial score (nSPS) is 21.9. The van der Waals surface area contributed by atoms with Gasteiger partial charge in [0.1, 0.15) is 0 Å². The van der Waals surface area contributed by atoms with Crippen LogP contribution in [0.25, 0.3) is 0 Å². The molecule has 1 saturated heterocycles. The van der Waals surface area contributed by atoms with E-state index in [2.05, 4.69) is 24.1 Å². The number of anilines is 3. The van der Waals surface area contributed by atoms with Crippen LogP contribution in [0.4, 0.5) is 17.1 Å². The number of nitrogens with one attached hydrogen (secondary N) is 1. The minimum atomic E-state index is 0.0630. The van der Waals surface area contributed by atoms with Gasteiger partial charge in [-0.2, -0.15) is 0 Å². The van der Waals surface area contributed by atoms with E-state index in [0.29, 0.717) is 12.3 Å². The van der Waals surface area contributed by atoms with Gasteiger partial charge >= 0.3 is 0 Å². The van der Waals surface area contributed by atoms with Crippen LogP contribution >= 0.6 is 0 Å². The first-order valence-electron chi connectivity index (χ1n) is 7.02. The van der Waals surface area contributed by atoms with Gasteiger partial charge in [-0.15, -0.1) is 0 Å². The molecule has 2 aliphatic heterocycles. The molecule has 0 aliphatic carbocycles. The number of nitrogens with two attached hydrogens (primary N) is 1. The maximum Gasteiger partial charge on any atom is 0.228 e. The number of rotatable bonds is 2. The molecule has 4 heteroatoms. The average Bonchev–Trinajstić information content (AvgIpc) is 2.92. The van der Waals surface area contributed by atoms with Gasteiger partial charge in [0, 0.05) is 18.8 Å². The third-order valence-corrected chi connectivity index (χ3v) is 4.39. The number of benzene rings is 1. The Kier molecular flexibility index (Phi) is 2.88. The van der Waals surface area contributed by atoms with Gasteiger partial charge in [0.25, 0.3) is 0 Å². The summed E-state index contributed by atoms with van der Waals surface area (Å²) in [5.41, 5.74) is 9.98. The minimum Gasteiger partial charge on any atom is -0.397 e. The van der Waals surface area contributed by atoms with E-state index in [4.69, 9.17) is 5.73 Å². The van der Waals surface area contributed by atoms with Gasteiger partial charge in [-0.3, -0.25) is 4.79 Å². The lowest BCUT2D eigenvalue weighted by Gasteiger charge is -2.22. The zero-order valence-electron chi connectivity index (χ0n) is 11.6. The van der Waals surface area contributed by atoms with Crippen molar-refractivity contribution in [1.82, 2.24) is 0 Å². The Morgan fingerprint density at radius 1 is 1.42 bits per heavy atom. The van der Waals surface area contributed by atoms with Crippen LogP contribution in [0, 0.1) is 11.8 Å². The molecule has 19 heavy (non-hydrogen) atoms. The smallest absolute Gasteiger partial charge is 0.228 e. The Labute approximate surface area is 114 Å². The Morgan fingerprint density at radius 3 is 2.89 bits per heavy atom. The van der Waals surface area contributed by atoms with E-state index in [1.165, 1.54) is 6.42 Å². The molecule has 4 nitrogen and oxygen atoms in total. The molecule has 102 valence electrons. The van der Waals surface area contributed by atoms with Crippen LogP contribution in [-0.4, -0.2) is 19.0 Å². The summed E-state index contributed by atoms with van der Waals surface area (Å²) >= 11 is 0. The van der Waals surface area contributed by atoms with Crippen LogP contribution in [0.1, 0.15) is 25.8 Å². The lowest BCUT2D eigenvalue weighted by atomic mass is 9.95. The first-order valence-corrected chi connectivity index (χ1v) is 7.02. The Bertz CT molecular complexity index is 524. The summed E-state index contributed by atoms with van der Waals surface area (Å²) in [6.07, 6.45) is 1.68. The molecule has 1 atom stereocenters.